The predicted molar refractivity (Wildman–Crippen MR) is 54.4 cm³/mol. The zero-order valence-electron chi connectivity index (χ0n) is 9.19. The van der Waals surface area contributed by atoms with Crippen molar-refractivity contribution in [2.45, 2.75) is 57.7 Å². The van der Waals surface area contributed by atoms with Crippen molar-refractivity contribution in [2.75, 3.05) is 0 Å². The summed E-state index contributed by atoms with van der Waals surface area (Å²) in [6, 6.07) is -0.0303. The van der Waals surface area contributed by atoms with E-state index in [-0.39, 0.29) is 12.5 Å². The van der Waals surface area contributed by atoms with Crippen LogP contribution in [0.2, 0.25) is 0 Å². The van der Waals surface area contributed by atoms with Crippen molar-refractivity contribution in [1.29, 1.82) is 0 Å². The number of halogens is 3. The quantitative estimate of drug-likeness (QED) is 0.775. The standard InChI is InChI=1S/C11H20F3N/c1-8-4-5-9(7-8)10(15)3-2-6-11(12,13)14/h8-10H,2-7,15H2,1H3. The van der Waals surface area contributed by atoms with Crippen molar-refractivity contribution in [3.05, 3.63) is 0 Å². The second-order valence-corrected chi connectivity index (χ2v) is 4.85. The number of hydrogen-bond acceptors (Lipinski definition) is 1. The van der Waals surface area contributed by atoms with E-state index < -0.39 is 12.6 Å². The average Bonchev–Trinajstić information content (AvgIpc) is 2.49. The van der Waals surface area contributed by atoms with Crippen LogP contribution in [-0.2, 0) is 0 Å². The lowest BCUT2D eigenvalue weighted by Crippen LogP contribution is -2.28. The molecule has 0 bridgehead atoms. The van der Waals surface area contributed by atoms with E-state index in [1.54, 1.807) is 0 Å². The fourth-order valence-electron chi connectivity index (χ4n) is 2.41. The topological polar surface area (TPSA) is 26.0 Å². The third-order valence-electron chi connectivity index (χ3n) is 3.34. The molecule has 15 heavy (non-hydrogen) atoms. The van der Waals surface area contributed by atoms with Crippen LogP contribution in [-0.4, -0.2) is 12.2 Å². The third-order valence-corrected chi connectivity index (χ3v) is 3.34. The van der Waals surface area contributed by atoms with Gasteiger partial charge in [-0.1, -0.05) is 13.3 Å². The van der Waals surface area contributed by atoms with E-state index in [0.29, 0.717) is 18.3 Å². The highest BCUT2D eigenvalue weighted by Crippen LogP contribution is 2.33. The molecule has 90 valence electrons. The molecule has 1 saturated carbocycles. The van der Waals surface area contributed by atoms with E-state index in [1.807, 2.05) is 0 Å². The maximum absolute atomic E-state index is 11.9. The minimum atomic E-state index is -4.03. The Labute approximate surface area is 89.2 Å². The highest BCUT2D eigenvalue weighted by molar-refractivity contribution is 4.81. The van der Waals surface area contributed by atoms with Crippen LogP contribution < -0.4 is 5.73 Å². The Morgan fingerprint density at radius 1 is 1.33 bits per heavy atom. The molecule has 2 N–H and O–H groups in total. The third kappa shape index (κ3) is 4.87. The van der Waals surface area contributed by atoms with Crippen LogP contribution in [0.3, 0.4) is 0 Å². The maximum Gasteiger partial charge on any atom is 0.389 e. The molecule has 0 radical (unpaired) electrons. The first-order chi connectivity index (χ1) is 6.88. The molecule has 3 unspecified atom stereocenters. The molecule has 0 aliphatic heterocycles. The smallest absolute Gasteiger partial charge is 0.327 e. The van der Waals surface area contributed by atoms with Gasteiger partial charge in [0.05, 0.1) is 0 Å². The van der Waals surface area contributed by atoms with Crippen LogP contribution in [0.4, 0.5) is 13.2 Å². The first-order valence-electron chi connectivity index (χ1n) is 5.71. The summed E-state index contributed by atoms with van der Waals surface area (Å²) in [5, 5.41) is 0. The lowest BCUT2D eigenvalue weighted by molar-refractivity contribution is -0.135. The first kappa shape index (κ1) is 12.8. The van der Waals surface area contributed by atoms with Crippen molar-refractivity contribution >= 4 is 0 Å². The van der Waals surface area contributed by atoms with Gasteiger partial charge in [0.15, 0.2) is 0 Å². The van der Waals surface area contributed by atoms with Gasteiger partial charge < -0.3 is 5.73 Å². The summed E-state index contributed by atoms with van der Waals surface area (Å²) in [4.78, 5) is 0. The molecule has 3 atom stereocenters. The van der Waals surface area contributed by atoms with Crippen LogP contribution in [0.25, 0.3) is 0 Å². The molecule has 1 rings (SSSR count). The van der Waals surface area contributed by atoms with Crippen molar-refractivity contribution in [3.63, 3.8) is 0 Å². The highest BCUT2D eigenvalue weighted by atomic mass is 19.4. The van der Waals surface area contributed by atoms with E-state index >= 15 is 0 Å². The van der Waals surface area contributed by atoms with Gasteiger partial charge >= 0.3 is 6.18 Å². The Morgan fingerprint density at radius 3 is 2.47 bits per heavy atom. The van der Waals surface area contributed by atoms with E-state index in [4.69, 9.17) is 5.73 Å². The average molecular weight is 223 g/mol. The normalized spacial score (nSPS) is 29.4. The summed E-state index contributed by atoms with van der Waals surface area (Å²) < 4.78 is 35.7. The molecule has 0 aromatic carbocycles. The van der Waals surface area contributed by atoms with Gasteiger partial charge in [-0.15, -0.1) is 0 Å². The summed E-state index contributed by atoms with van der Waals surface area (Å²) >= 11 is 0. The molecule has 0 amide bonds. The van der Waals surface area contributed by atoms with Crippen LogP contribution in [0.15, 0.2) is 0 Å². The summed E-state index contributed by atoms with van der Waals surface area (Å²) in [6.45, 7) is 2.18. The monoisotopic (exact) mass is 223 g/mol. The Kier molecular flexibility index (Phi) is 4.44. The zero-order chi connectivity index (χ0) is 11.5. The molecule has 4 heteroatoms. The summed E-state index contributed by atoms with van der Waals surface area (Å²) in [6.07, 6.45) is -0.669. The molecule has 1 aliphatic carbocycles. The van der Waals surface area contributed by atoms with Crippen molar-refractivity contribution in [3.8, 4) is 0 Å². The van der Waals surface area contributed by atoms with Crippen molar-refractivity contribution < 1.29 is 13.2 Å². The van der Waals surface area contributed by atoms with Crippen LogP contribution in [0, 0.1) is 11.8 Å². The molecule has 0 spiro atoms. The molecule has 0 saturated heterocycles. The molecular formula is C11H20F3N. The number of nitrogens with two attached hydrogens (primary N) is 1. The van der Waals surface area contributed by atoms with Gasteiger partial charge in [-0.25, -0.2) is 0 Å². The van der Waals surface area contributed by atoms with E-state index in [0.717, 1.165) is 12.8 Å². The van der Waals surface area contributed by atoms with Crippen LogP contribution >= 0.6 is 0 Å². The van der Waals surface area contributed by atoms with E-state index in [1.165, 1.54) is 6.42 Å². The molecule has 1 fully saturated rings. The minimum Gasteiger partial charge on any atom is -0.327 e. The lowest BCUT2D eigenvalue weighted by Gasteiger charge is -2.19. The van der Waals surface area contributed by atoms with E-state index in [2.05, 4.69) is 6.92 Å². The molecule has 1 nitrogen and oxygen atoms in total. The van der Waals surface area contributed by atoms with Gasteiger partial charge in [-0.3, -0.25) is 0 Å². The maximum atomic E-state index is 11.9. The Hall–Kier alpha value is -0.250. The van der Waals surface area contributed by atoms with Gasteiger partial charge in [0.2, 0.25) is 0 Å². The second-order valence-electron chi connectivity index (χ2n) is 4.85. The van der Waals surface area contributed by atoms with Gasteiger partial charge in [-0.2, -0.15) is 13.2 Å². The summed E-state index contributed by atoms with van der Waals surface area (Å²) in [7, 11) is 0. The predicted octanol–water partition coefficient (Wildman–Crippen LogP) is 3.48. The zero-order valence-corrected chi connectivity index (χ0v) is 9.19. The lowest BCUT2D eigenvalue weighted by atomic mass is 9.93. The molecule has 0 heterocycles. The minimum absolute atomic E-state index is 0.0303. The van der Waals surface area contributed by atoms with Crippen molar-refractivity contribution in [2.24, 2.45) is 17.6 Å². The fraction of sp³-hybridized carbons (Fsp3) is 1.00. The Bertz CT molecular complexity index is 191. The number of alkyl halides is 3. The van der Waals surface area contributed by atoms with Crippen LogP contribution in [0.1, 0.15) is 45.4 Å². The molecule has 1 aliphatic rings. The van der Waals surface area contributed by atoms with Gasteiger partial charge in [0, 0.05) is 12.5 Å². The summed E-state index contributed by atoms with van der Waals surface area (Å²) in [5.74, 6) is 1.15. The molecular weight excluding hydrogens is 203 g/mol. The van der Waals surface area contributed by atoms with Crippen molar-refractivity contribution in [1.82, 2.24) is 0 Å². The van der Waals surface area contributed by atoms with E-state index in [9.17, 15) is 13.2 Å². The number of hydrogen-bond donors (Lipinski definition) is 1. The van der Waals surface area contributed by atoms with Gasteiger partial charge in [0.1, 0.15) is 0 Å². The van der Waals surface area contributed by atoms with Gasteiger partial charge in [0.25, 0.3) is 0 Å². The molecule has 0 aromatic heterocycles. The summed E-state index contributed by atoms with van der Waals surface area (Å²) in [5.41, 5.74) is 5.90. The number of rotatable bonds is 4. The van der Waals surface area contributed by atoms with Crippen LogP contribution in [0.5, 0.6) is 0 Å². The highest BCUT2D eigenvalue weighted by Gasteiger charge is 2.29. The van der Waals surface area contributed by atoms with Gasteiger partial charge in [-0.05, 0) is 37.5 Å². The largest absolute Gasteiger partial charge is 0.389 e. The Balaban J connectivity index is 2.16. The molecule has 0 aromatic rings. The fourth-order valence-corrected chi connectivity index (χ4v) is 2.41. The first-order valence-corrected chi connectivity index (χ1v) is 5.71. The SMILES string of the molecule is CC1CCC(C(N)CCCC(F)(F)F)C1. The Morgan fingerprint density at radius 2 is 2.00 bits per heavy atom. The second kappa shape index (κ2) is 5.19.